The van der Waals surface area contributed by atoms with Gasteiger partial charge in [0.05, 0.1) is 17.0 Å². The number of hydrogen-bond donors (Lipinski definition) is 2. The summed E-state index contributed by atoms with van der Waals surface area (Å²) in [5.41, 5.74) is 1.32. The van der Waals surface area contributed by atoms with Gasteiger partial charge in [0.2, 0.25) is 5.75 Å². The second-order valence-electron chi connectivity index (χ2n) is 12.4. The first-order valence-electron chi connectivity index (χ1n) is 16.2. The fourth-order valence-electron chi connectivity index (χ4n) is 4.88. The third kappa shape index (κ3) is 8.45. The number of hydrogen-bond acceptors (Lipinski definition) is 14. The zero-order valence-electron chi connectivity index (χ0n) is 29.5. The van der Waals surface area contributed by atoms with Crippen molar-refractivity contribution in [3.63, 3.8) is 0 Å². The van der Waals surface area contributed by atoms with E-state index >= 15 is 0 Å². The number of amides is 1. The summed E-state index contributed by atoms with van der Waals surface area (Å²) in [5.74, 6) is -0.526. The second-order valence-corrected chi connectivity index (χ2v) is 14.4. The summed E-state index contributed by atoms with van der Waals surface area (Å²) in [5, 5.41) is 13.8. The molecule has 4 aromatic heterocycles. The summed E-state index contributed by atoms with van der Waals surface area (Å²) in [6, 6.07) is 19.1. The molecule has 0 saturated heterocycles. The van der Waals surface area contributed by atoms with Crippen molar-refractivity contribution >= 4 is 39.4 Å². The molecule has 2 aromatic carbocycles. The van der Waals surface area contributed by atoms with Gasteiger partial charge in [0, 0.05) is 30.6 Å². The highest BCUT2D eigenvalue weighted by Crippen LogP contribution is 2.42. The van der Waals surface area contributed by atoms with Crippen molar-refractivity contribution in [1.82, 2.24) is 40.6 Å². The lowest BCUT2D eigenvalue weighted by molar-refractivity contribution is -0.144. The number of tetrazole rings is 1. The number of nitrogens with zero attached hydrogens (tertiary/aromatic N) is 8. The van der Waals surface area contributed by atoms with E-state index in [1.165, 1.54) is 48.7 Å². The minimum Gasteiger partial charge on any atom is -0.497 e. The minimum atomic E-state index is -4.36. The standard InChI is InChI=1S/C35H33ClN10O7S/c1-6-46(28-9-7-8-17-38-28)34(47)53-52-33-29(51-27-20-23(50-5)12-15-25(27)36)32(43-54(48,49)24-13-10-22(11-14-24)35(2,3)4)39-30(40-33)21-16-18-37-26(19-21)31-41-44-45-42-31/h7-20H,6H2,1-5H3,(H,39,40,43)(H,41,42,44,45). The van der Waals surface area contributed by atoms with Gasteiger partial charge >= 0.3 is 12.0 Å². The Bertz CT molecular complexity index is 2360. The van der Waals surface area contributed by atoms with Crippen LogP contribution in [0.3, 0.4) is 0 Å². The first kappa shape index (κ1) is 37.4. The molecule has 0 aliphatic rings. The van der Waals surface area contributed by atoms with E-state index < -0.39 is 33.6 Å². The number of benzene rings is 2. The molecule has 0 unspecified atom stereocenters. The van der Waals surface area contributed by atoms with Gasteiger partial charge in [-0.3, -0.25) is 19.5 Å². The summed E-state index contributed by atoms with van der Waals surface area (Å²) < 4.78 is 42.0. The van der Waals surface area contributed by atoms with Crippen LogP contribution in [0.4, 0.5) is 16.4 Å². The van der Waals surface area contributed by atoms with Crippen LogP contribution in [0.15, 0.2) is 90.1 Å². The van der Waals surface area contributed by atoms with Crippen molar-refractivity contribution in [2.75, 3.05) is 23.3 Å². The van der Waals surface area contributed by atoms with Gasteiger partial charge in [-0.1, -0.05) is 50.6 Å². The number of pyridine rings is 2. The average molecular weight is 773 g/mol. The van der Waals surface area contributed by atoms with E-state index in [9.17, 15) is 13.2 Å². The summed E-state index contributed by atoms with van der Waals surface area (Å²) >= 11 is 6.51. The van der Waals surface area contributed by atoms with Gasteiger partial charge in [-0.25, -0.2) is 33.2 Å². The molecule has 0 spiro atoms. The van der Waals surface area contributed by atoms with Crippen LogP contribution in [0.25, 0.3) is 22.9 Å². The van der Waals surface area contributed by atoms with Gasteiger partial charge in [-0.15, -0.1) is 5.10 Å². The molecular formula is C35H33ClN10O7S. The molecule has 0 saturated carbocycles. The van der Waals surface area contributed by atoms with Gasteiger partial charge in [0.25, 0.3) is 10.0 Å². The quantitative estimate of drug-likeness (QED) is 0.0989. The molecular weight excluding hydrogens is 740 g/mol. The van der Waals surface area contributed by atoms with E-state index in [2.05, 4.69) is 45.3 Å². The van der Waals surface area contributed by atoms with Crippen molar-refractivity contribution in [3.05, 3.63) is 95.8 Å². The number of sulfonamides is 1. The van der Waals surface area contributed by atoms with E-state index in [4.69, 9.17) is 30.8 Å². The number of carbonyl (C=O) groups is 1. The number of carbonyl (C=O) groups excluding carboxylic acids is 1. The van der Waals surface area contributed by atoms with Crippen molar-refractivity contribution in [2.24, 2.45) is 0 Å². The fourth-order valence-corrected chi connectivity index (χ4v) is 6.04. The Hall–Kier alpha value is -6.40. The number of aromatic nitrogens is 8. The Labute approximate surface area is 314 Å². The Morgan fingerprint density at radius 1 is 0.981 bits per heavy atom. The molecule has 6 aromatic rings. The Kier molecular flexibility index (Phi) is 10.9. The molecule has 2 N–H and O–H groups in total. The molecule has 0 atom stereocenters. The molecule has 0 aliphatic heterocycles. The molecule has 17 nitrogen and oxygen atoms in total. The third-order valence-electron chi connectivity index (χ3n) is 7.71. The highest BCUT2D eigenvalue weighted by Gasteiger charge is 2.28. The van der Waals surface area contributed by atoms with Crippen LogP contribution in [0, 0.1) is 0 Å². The lowest BCUT2D eigenvalue weighted by Gasteiger charge is -2.20. The van der Waals surface area contributed by atoms with Crippen LogP contribution in [-0.4, -0.2) is 68.7 Å². The van der Waals surface area contributed by atoms with E-state index in [0.29, 0.717) is 17.0 Å². The Balaban J connectivity index is 1.50. The normalized spacial score (nSPS) is 11.4. The number of methoxy groups -OCH3 is 1. The van der Waals surface area contributed by atoms with Crippen LogP contribution >= 0.6 is 11.6 Å². The van der Waals surface area contributed by atoms with Gasteiger partial charge in [0.1, 0.15) is 23.0 Å². The average Bonchev–Trinajstić information content (AvgIpc) is 3.71. The summed E-state index contributed by atoms with van der Waals surface area (Å²) in [6.45, 7) is 7.91. The number of ether oxygens (including phenoxy) is 2. The largest absolute Gasteiger partial charge is 0.497 e. The van der Waals surface area contributed by atoms with Gasteiger partial charge in [-0.2, -0.15) is 4.98 Å². The van der Waals surface area contributed by atoms with E-state index in [1.807, 2.05) is 20.8 Å². The van der Waals surface area contributed by atoms with Gasteiger partial charge in [0.15, 0.2) is 17.5 Å². The number of anilines is 2. The highest BCUT2D eigenvalue weighted by atomic mass is 35.5. The minimum absolute atomic E-state index is 0.00575. The third-order valence-corrected chi connectivity index (χ3v) is 9.37. The monoisotopic (exact) mass is 772 g/mol. The molecule has 1 amide bonds. The van der Waals surface area contributed by atoms with Crippen LogP contribution in [0.1, 0.15) is 33.3 Å². The van der Waals surface area contributed by atoms with Crippen molar-refractivity contribution in [1.29, 1.82) is 0 Å². The van der Waals surface area contributed by atoms with Crippen LogP contribution in [0.2, 0.25) is 5.02 Å². The fraction of sp³-hybridized carbons (Fsp3) is 0.200. The maximum atomic E-state index is 14.0. The lowest BCUT2D eigenvalue weighted by Crippen LogP contribution is -2.33. The first-order valence-corrected chi connectivity index (χ1v) is 18.1. The van der Waals surface area contributed by atoms with Crippen molar-refractivity contribution in [3.8, 4) is 46.0 Å². The van der Waals surface area contributed by atoms with E-state index in [0.717, 1.165) is 5.56 Å². The predicted molar refractivity (Wildman–Crippen MR) is 197 cm³/mol. The summed E-state index contributed by atoms with van der Waals surface area (Å²) in [4.78, 5) is 42.9. The number of halogens is 1. The smallest absolute Gasteiger partial charge is 0.458 e. The Morgan fingerprint density at radius 3 is 2.44 bits per heavy atom. The summed E-state index contributed by atoms with van der Waals surface area (Å²) in [6.07, 6.45) is 2.00. The van der Waals surface area contributed by atoms with Crippen LogP contribution < -0.4 is 24.0 Å². The zero-order chi connectivity index (χ0) is 38.5. The maximum Gasteiger partial charge on any atom is 0.458 e. The van der Waals surface area contributed by atoms with Gasteiger partial charge < -0.3 is 9.47 Å². The molecule has 4 heterocycles. The number of aromatic amines is 1. The second kappa shape index (κ2) is 15.7. The maximum absolute atomic E-state index is 14.0. The van der Waals surface area contributed by atoms with Crippen LogP contribution in [0.5, 0.6) is 23.1 Å². The number of rotatable bonds is 12. The van der Waals surface area contributed by atoms with E-state index in [-0.39, 0.29) is 45.1 Å². The molecule has 278 valence electrons. The van der Waals surface area contributed by atoms with Crippen LogP contribution in [-0.2, 0) is 20.3 Å². The number of nitrogens with one attached hydrogen (secondary N) is 2. The molecule has 0 fully saturated rings. The highest BCUT2D eigenvalue weighted by molar-refractivity contribution is 7.92. The topological polar surface area (TPSA) is 209 Å². The molecule has 0 radical (unpaired) electrons. The molecule has 6 rings (SSSR count). The molecule has 54 heavy (non-hydrogen) atoms. The van der Waals surface area contributed by atoms with Gasteiger partial charge in [-0.05, 0) is 76.9 Å². The summed E-state index contributed by atoms with van der Waals surface area (Å²) in [7, 11) is -2.91. The zero-order valence-corrected chi connectivity index (χ0v) is 31.1. The lowest BCUT2D eigenvalue weighted by atomic mass is 9.87. The van der Waals surface area contributed by atoms with Crippen molar-refractivity contribution < 1.29 is 32.5 Å². The van der Waals surface area contributed by atoms with Crippen molar-refractivity contribution in [2.45, 2.75) is 38.0 Å². The SMILES string of the molecule is CCN(C(=O)OOc1nc(-c2ccnc(-c3nnn[nH]3)c2)nc(NS(=O)(=O)c2ccc(C(C)(C)C)cc2)c1Oc1cc(OC)ccc1Cl)c1ccccn1. The molecule has 0 aliphatic carbocycles. The predicted octanol–water partition coefficient (Wildman–Crippen LogP) is 6.62. The molecule has 19 heteroatoms. The molecule has 0 bridgehead atoms. The first-order chi connectivity index (χ1) is 25.9. The van der Waals surface area contributed by atoms with E-state index in [1.54, 1.807) is 55.5 Å². The number of H-pyrrole nitrogens is 1. The Morgan fingerprint density at radius 2 is 1.78 bits per heavy atom.